The standard InChI is InChI=1S/C10H5Cl3N2O3/c11-4-1-5(12)9(6(13)2-4)15-3-7(16)8(14-15)10(17)18/h1-2H,3H2,(H,17,18). The fourth-order valence-corrected chi connectivity index (χ4v) is 2.51. The normalized spacial score (nSPS) is 14.9. The molecule has 0 saturated carbocycles. The molecule has 1 aromatic carbocycles. The van der Waals surface area contributed by atoms with E-state index >= 15 is 0 Å². The summed E-state index contributed by atoms with van der Waals surface area (Å²) in [5, 5.41) is 14.3. The Morgan fingerprint density at radius 2 is 1.83 bits per heavy atom. The predicted molar refractivity (Wildman–Crippen MR) is 68.9 cm³/mol. The highest BCUT2D eigenvalue weighted by molar-refractivity contribution is 6.65. The summed E-state index contributed by atoms with van der Waals surface area (Å²) >= 11 is 17.7. The average molecular weight is 308 g/mol. The first-order chi connectivity index (χ1) is 8.40. The number of nitrogens with zero attached hydrogens (tertiary/aromatic N) is 2. The molecule has 0 radical (unpaired) electrons. The van der Waals surface area contributed by atoms with Crippen molar-refractivity contribution in [3.8, 4) is 0 Å². The van der Waals surface area contributed by atoms with Gasteiger partial charge in [0, 0.05) is 5.02 Å². The van der Waals surface area contributed by atoms with E-state index in [1.54, 1.807) is 0 Å². The molecule has 2 rings (SSSR count). The number of carbonyl (C=O) groups is 2. The summed E-state index contributed by atoms with van der Waals surface area (Å²) in [7, 11) is 0. The van der Waals surface area contributed by atoms with E-state index in [-0.39, 0.29) is 22.3 Å². The Morgan fingerprint density at radius 3 is 2.28 bits per heavy atom. The maximum absolute atomic E-state index is 11.4. The molecule has 0 aromatic heterocycles. The van der Waals surface area contributed by atoms with Crippen LogP contribution in [0.2, 0.25) is 15.1 Å². The highest BCUT2D eigenvalue weighted by Crippen LogP contribution is 2.37. The zero-order valence-corrected chi connectivity index (χ0v) is 10.9. The molecular weight excluding hydrogens is 302 g/mol. The number of rotatable bonds is 2. The fraction of sp³-hybridized carbons (Fsp3) is 0.100. The molecule has 0 saturated heterocycles. The fourth-order valence-electron chi connectivity index (χ4n) is 1.50. The SMILES string of the molecule is O=C(O)C1=NN(c2c(Cl)cc(Cl)cc2Cl)CC1=O. The lowest BCUT2D eigenvalue weighted by Crippen LogP contribution is -2.23. The van der Waals surface area contributed by atoms with Gasteiger partial charge in [-0.3, -0.25) is 9.80 Å². The molecule has 8 heteroatoms. The molecule has 1 aromatic rings. The van der Waals surface area contributed by atoms with Gasteiger partial charge in [0.05, 0.1) is 15.7 Å². The zero-order valence-electron chi connectivity index (χ0n) is 8.65. The number of hydrogen-bond donors (Lipinski definition) is 1. The monoisotopic (exact) mass is 306 g/mol. The minimum absolute atomic E-state index is 0.190. The van der Waals surface area contributed by atoms with E-state index in [4.69, 9.17) is 39.9 Å². The van der Waals surface area contributed by atoms with Crippen molar-refractivity contribution in [1.82, 2.24) is 0 Å². The molecule has 18 heavy (non-hydrogen) atoms. The zero-order chi connectivity index (χ0) is 13.4. The number of halogens is 3. The van der Waals surface area contributed by atoms with Crippen molar-refractivity contribution in [3.63, 3.8) is 0 Å². The van der Waals surface area contributed by atoms with Gasteiger partial charge in [-0.1, -0.05) is 34.8 Å². The second kappa shape index (κ2) is 4.76. The summed E-state index contributed by atoms with van der Waals surface area (Å²) in [6, 6.07) is 2.87. The van der Waals surface area contributed by atoms with Crippen LogP contribution in [0.1, 0.15) is 0 Å². The van der Waals surface area contributed by atoms with E-state index in [1.807, 2.05) is 0 Å². The van der Waals surface area contributed by atoms with Crippen molar-refractivity contribution in [2.75, 3.05) is 11.6 Å². The highest BCUT2D eigenvalue weighted by atomic mass is 35.5. The Kier molecular flexibility index (Phi) is 3.47. The smallest absolute Gasteiger partial charge is 0.360 e. The van der Waals surface area contributed by atoms with Gasteiger partial charge in [0.25, 0.3) is 0 Å². The molecule has 1 N–H and O–H groups in total. The third-order valence-corrected chi connectivity index (χ3v) is 3.02. The molecule has 0 spiro atoms. The summed E-state index contributed by atoms with van der Waals surface area (Å²) in [6.45, 7) is -0.220. The van der Waals surface area contributed by atoms with E-state index in [0.717, 1.165) is 5.01 Å². The van der Waals surface area contributed by atoms with E-state index < -0.39 is 17.5 Å². The number of hydrogen-bond acceptors (Lipinski definition) is 4. The van der Waals surface area contributed by atoms with Crippen LogP contribution in [0.5, 0.6) is 0 Å². The van der Waals surface area contributed by atoms with Crippen LogP contribution in [0, 0.1) is 0 Å². The van der Waals surface area contributed by atoms with Gasteiger partial charge in [0.2, 0.25) is 11.5 Å². The van der Waals surface area contributed by atoms with Gasteiger partial charge < -0.3 is 5.11 Å². The Balaban J connectivity index is 2.47. The van der Waals surface area contributed by atoms with Crippen molar-refractivity contribution in [1.29, 1.82) is 0 Å². The second-order valence-electron chi connectivity index (χ2n) is 3.45. The molecule has 1 heterocycles. The lowest BCUT2D eigenvalue weighted by Gasteiger charge is -2.16. The molecule has 0 fully saturated rings. The number of carboxylic acid groups (broad SMARTS) is 1. The number of carbonyl (C=O) groups excluding carboxylic acids is 1. The number of aliphatic carboxylic acids is 1. The number of carboxylic acids is 1. The Labute approximate surface area is 117 Å². The van der Waals surface area contributed by atoms with Gasteiger partial charge in [-0.05, 0) is 12.1 Å². The summed E-state index contributed by atoms with van der Waals surface area (Å²) in [5.74, 6) is -1.99. The summed E-state index contributed by atoms with van der Waals surface area (Å²) < 4.78 is 0. The molecule has 0 unspecified atom stereocenters. The van der Waals surface area contributed by atoms with E-state index in [9.17, 15) is 9.59 Å². The number of anilines is 1. The largest absolute Gasteiger partial charge is 0.476 e. The van der Waals surface area contributed by atoms with Gasteiger partial charge in [-0.15, -0.1) is 0 Å². The second-order valence-corrected chi connectivity index (χ2v) is 4.70. The molecular formula is C10H5Cl3N2O3. The number of ketones is 1. The molecule has 1 aliphatic rings. The molecule has 0 amide bonds. The minimum atomic E-state index is -1.39. The van der Waals surface area contributed by atoms with Crippen LogP contribution in [0.4, 0.5) is 5.69 Å². The van der Waals surface area contributed by atoms with Crippen LogP contribution in [-0.2, 0) is 9.59 Å². The topological polar surface area (TPSA) is 70.0 Å². The molecule has 5 nitrogen and oxygen atoms in total. The minimum Gasteiger partial charge on any atom is -0.476 e. The van der Waals surface area contributed by atoms with Gasteiger partial charge in [-0.25, -0.2) is 4.79 Å². The summed E-state index contributed by atoms with van der Waals surface area (Å²) in [4.78, 5) is 22.2. The number of Topliss-reactive ketones (excluding diaryl/α,β-unsaturated/α-hetero) is 1. The van der Waals surface area contributed by atoms with Crippen LogP contribution in [-0.4, -0.2) is 29.1 Å². The summed E-state index contributed by atoms with van der Waals surface area (Å²) in [6.07, 6.45) is 0. The van der Waals surface area contributed by atoms with E-state index in [0.29, 0.717) is 5.02 Å². The first kappa shape index (κ1) is 13.1. The molecule has 94 valence electrons. The van der Waals surface area contributed by atoms with E-state index in [1.165, 1.54) is 12.1 Å². The van der Waals surface area contributed by atoms with Gasteiger partial charge in [-0.2, -0.15) is 5.10 Å². The Hall–Kier alpha value is -1.30. The lowest BCUT2D eigenvalue weighted by molar-refractivity contribution is -0.130. The summed E-state index contributed by atoms with van der Waals surface area (Å²) in [5.41, 5.74) is -0.288. The molecule has 0 bridgehead atoms. The van der Waals surface area contributed by atoms with Crippen LogP contribution >= 0.6 is 34.8 Å². The maximum atomic E-state index is 11.4. The van der Waals surface area contributed by atoms with Crippen molar-refractivity contribution in [3.05, 3.63) is 27.2 Å². The Morgan fingerprint density at radius 1 is 1.28 bits per heavy atom. The third kappa shape index (κ3) is 2.29. The van der Waals surface area contributed by atoms with Crippen molar-refractivity contribution < 1.29 is 14.7 Å². The highest BCUT2D eigenvalue weighted by Gasteiger charge is 2.31. The lowest BCUT2D eigenvalue weighted by atomic mass is 10.2. The van der Waals surface area contributed by atoms with Crippen LogP contribution in [0.15, 0.2) is 17.2 Å². The number of hydrazone groups is 1. The maximum Gasteiger partial charge on any atom is 0.360 e. The number of benzene rings is 1. The van der Waals surface area contributed by atoms with Gasteiger partial charge in [0.1, 0.15) is 6.54 Å². The predicted octanol–water partition coefficient (Wildman–Crippen LogP) is 2.48. The van der Waals surface area contributed by atoms with E-state index in [2.05, 4.69) is 5.10 Å². The van der Waals surface area contributed by atoms with Crippen LogP contribution in [0.25, 0.3) is 0 Å². The van der Waals surface area contributed by atoms with Gasteiger partial charge >= 0.3 is 5.97 Å². The quantitative estimate of drug-likeness (QED) is 0.911. The first-order valence-corrected chi connectivity index (χ1v) is 5.80. The van der Waals surface area contributed by atoms with Crippen molar-refractivity contribution in [2.24, 2.45) is 5.10 Å². The van der Waals surface area contributed by atoms with Crippen molar-refractivity contribution in [2.45, 2.75) is 0 Å². The molecule has 0 atom stereocenters. The van der Waals surface area contributed by atoms with Crippen molar-refractivity contribution >= 4 is 58.0 Å². The average Bonchev–Trinajstić information content (AvgIpc) is 2.58. The van der Waals surface area contributed by atoms with Gasteiger partial charge in [0.15, 0.2) is 0 Å². The molecule has 1 aliphatic heterocycles. The Bertz CT molecular complexity index is 563. The molecule has 0 aliphatic carbocycles. The first-order valence-electron chi connectivity index (χ1n) is 4.67. The third-order valence-electron chi connectivity index (χ3n) is 2.22. The van der Waals surface area contributed by atoms with Crippen LogP contribution < -0.4 is 5.01 Å². The van der Waals surface area contributed by atoms with Crippen LogP contribution in [0.3, 0.4) is 0 Å².